The molecule has 0 saturated heterocycles. The number of methoxy groups -OCH3 is 1. The van der Waals surface area contributed by atoms with Crippen LogP contribution in [0.1, 0.15) is 40.0 Å². The highest BCUT2D eigenvalue weighted by atomic mass is 127. The highest BCUT2D eigenvalue weighted by molar-refractivity contribution is 14.1. The zero-order valence-corrected chi connectivity index (χ0v) is 25.5. The van der Waals surface area contributed by atoms with E-state index in [0.717, 1.165) is 12.8 Å². The number of nitrogens with zero attached hydrogens (tertiary/aromatic N) is 1. The van der Waals surface area contributed by atoms with Crippen molar-refractivity contribution in [2.45, 2.75) is 37.5 Å². The number of benzene rings is 2. The summed E-state index contributed by atoms with van der Waals surface area (Å²) in [5.74, 6) is -0.421. The molecule has 5 rings (SSSR count). The van der Waals surface area contributed by atoms with Crippen molar-refractivity contribution < 1.29 is 38.5 Å². The number of aldehydes is 1. The van der Waals surface area contributed by atoms with E-state index in [1.165, 1.54) is 30.2 Å². The fourth-order valence-corrected chi connectivity index (χ4v) is 5.90. The van der Waals surface area contributed by atoms with Gasteiger partial charge in [0.15, 0.2) is 11.5 Å². The van der Waals surface area contributed by atoms with Gasteiger partial charge in [0, 0.05) is 36.0 Å². The topological polar surface area (TPSA) is 156 Å². The summed E-state index contributed by atoms with van der Waals surface area (Å²) in [6.07, 6.45) is 1.49. The van der Waals surface area contributed by atoms with Gasteiger partial charge >= 0.3 is 5.63 Å². The number of amides is 2. The minimum Gasteiger partial charge on any atom is -0.493 e. The molecule has 1 heterocycles. The number of halogens is 1. The predicted molar refractivity (Wildman–Crippen MR) is 164 cm³/mol. The molecule has 3 unspecified atom stereocenters. The number of aliphatic hydroxyl groups excluding tert-OH is 2. The smallest absolute Gasteiger partial charge is 0.349 e. The van der Waals surface area contributed by atoms with Crippen molar-refractivity contribution in [2.24, 2.45) is 5.92 Å². The van der Waals surface area contributed by atoms with Crippen molar-refractivity contribution in [3.8, 4) is 11.5 Å². The predicted octanol–water partition coefficient (Wildman–Crippen LogP) is 2.69. The lowest BCUT2D eigenvalue weighted by Crippen LogP contribution is -2.56. The second kappa shape index (κ2) is 13.3. The zero-order valence-electron chi connectivity index (χ0n) is 23.3. The molecule has 0 radical (unpaired) electrons. The van der Waals surface area contributed by atoms with E-state index in [0.29, 0.717) is 26.4 Å². The average Bonchev–Trinajstić information content (AvgIpc) is 3.84. The molecular weight excluding hydrogens is 671 g/mol. The summed E-state index contributed by atoms with van der Waals surface area (Å²) in [4.78, 5) is 53.0. The zero-order chi connectivity index (χ0) is 30.7. The van der Waals surface area contributed by atoms with Gasteiger partial charge in [-0.2, -0.15) is 0 Å². The lowest BCUT2D eigenvalue weighted by molar-refractivity contribution is -0.118. The third-order valence-corrected chi connectivity index (χ3v) is 8.34. The lowest BCUT2D eigenvalue weighted by Gasteiger charge is -2.40. The van der Waals surface area contributed by atoms with E-state index in [1.54, 1.807) is 30.3 Å². The van der Waals surface area contributed by atoms with Crippen LogP contribution >= 0.6 is 22.6 Å². The Kier molecular flexibility index (Phi) is 9.47. The van der Waals surface area contributed by atoms with Gasteiger partial charge in [-0.15, -0.1) is 0 Å². The van der Waals surface area contributed by atoms with Crippen LogP contribution in [-0.4, -0.2) is 78.3 Å². The number of carbonyl (C=O) groups excluding carboxylic acids is 3. The van der Waals surface area contributed by atoms with Crippen molar-refractivity contribution in [3.63, 3.8) is 0 Å². The second-order valence-electron chi connectivity index (χ2n) is 10.6. The Bertz CT molecular complexity index is 1630. The Morgan fingerprint density at radius 2 is 1.98 bits per heavy atom. The molecule has 0 aliphatic heterocycles. The van der Waals surface area contributed by atoms with E-state index < -0.39 is 35.7 Å². The Morgan fingerprint density at radius 3 is 2.67 bits per heavy atom. The molecule has 1 aromatic heterocycles. The Balaban J connectivity index is 1.54. The first-order chi connectivity index (χ1) is 20.7. The lowest BCUT2D eigenvalue weighted by atomic mass is 9.87. The third-order valence-electron chi connectivity index (χ3n) is 7.54. The van der Waals surface area contributed by atoms with Crippen molar-refractivity contribution in [2.75, 3.05) is 26.8 Å². The van der Waals surface area contributed by atoms with Gasteiger partial charge in [-0.1, -0.05) is 18.2 Å². The summed E-state index contributed by atoms with van der Waals surface area (Å²) in [5, 5.41) is 24.2. The van der Waals surface area contributed by atoms with Gasteiger partial charge in [0.2, 0.25) is 5.91 Å². The molecule has 226 valence electrons. The molecule has 2 aliphatic rings. The fraction of sp³-hybridized carbons (Fsp3) is 0.355. The van der Waals surface area contributed by atoms with E-state index in [1.807, 2.05) is 22.6 Å². The molecule has 1 saturated carbocycles. The highest BCUT2D eigenvalue weighted by Crippen LogP contribution is 2.38. The van der Waals surface area contributed by atoms with Crippen LogP contribution in [0.2, 0.25) is 0 Å². The first-order valence-electron chi connectivity index (χ1n) is 13.8. The molecule has 12 heteroatoms. The molecule has 0 spiro atoms. The number of fused-ring (bicyclic) bond motifs is 1. The van der Waals surface area contributed by atoms with Crippen LogP contribution in [0.5, 0.6) is 11.5 Å². The Morgan fingerprint density at radius 1 is 1.21 bits per heavy atom. The fourth-order valence-electron chi connectivity index (χ4n) is 5.15. The molecule has 3 aromatic rings. The number of hydrogen-bond acceptors (Lipinski definition) is 9. The molecule has 3 atom stereocenters. The number of rotatable bonds is 11. The normalized spacial score (nSPS) is 19.8. The molecule has 11 nitrogen and oxygen atoms in total. The molecule has 0 bridgehead atoms. The average molecular weight is 702 g/mol. The van der Waals surface area contributed by atoms with Crippen molar-refractivity contribution in [3.05, 3.63) is 79.2 Å². The number of ether oxygens (including phenoxy) is 2. The van der Waals surface area contributed by atoms with Crippen LogP contribution in [-0.2, 0) is 4.79 Å². The van der Waals surface area contributed by atoms with Crippen molar-refractivity contribution in [1.29, 1.82) is 0 Å². The van der Waals surface area contributed by atoms with Crippen LogP contribution in [0.3, 0.4) is 0 Å². The van der Waals surface area contributed by atoms with Gasteiger partial charge in [-0.05, 0) is 71.7 Å². The Labute approximate surface area is 260 Å². The van der Waals surface area contributed by atoms with Gasteiger partial charge in [-0.25, -0.2) is 4.79 Å². The van der Waals surface area contributed by atoms with Crippen LogP contribution in [0, 0.1) is 9.49 Å². The van der Waals surface area contributed by atoms with E-state index in [9.17, 15) is 29.4 Å². The van der Waals surface area contributed by atoms with Gasteiger partial charge in [0.25, 0.3) is 5.91 Å². The second-order valence-corrected chi connectivity index (χ2v) is 11.7. The Hall–Kier alpha value is -3.75. The molecule has 1 fully saturated rings. The van der Waals surface area contributed by atoms with Gasteiger partial charge < -0.3 is 34.3 Å². The van der Waals surface area contributed by atoms with E-state index >= 15 is 0 Å². The van der Waals surface area contributed by atoms with Crippen LogP contribution in [0.15, 0.2) is 63.3 Å². The summed E-state index contributed by atoms with van der Waals surface area (Å²) in [6.45, 7) is 0.00410. The number of para-hydroxylation sites is 1. The first-order valence-corrected chi connectivity index (χ1v) is 14.9. The van der Waals surface area contributed by atoms with E-state index in [4.69, 9.17) is 13.9 Å². The minimum atomic E-state index is -1.31. The van der Waals surface area contributed by atoms with E-state index in [-0.39, 0.29) is 54.7 Å². The third kappa shape index (κ3) is 6.76. The number of hydrogen-bond donors (Lipinski definition) is 3. The molecule has 43 heavy (non-hydrogen) atoms. The van der Waals surface area contributed by atoms with Crippen LogP contribution in [0.4, 0.5) is 0 Å². The SMILES string of the molecule is COc1cc(C=O)cc(I)c1OC1C=C(C(=O)NCCO)CC(N(CC2CC2)C(=O)c2cc3ccccc3oc2=O)C1O. The monoisotopic (exact) mass is 702 g/mol. The summed E-state index contributed by atoms with van der Waals surface area (Å²) in [6, 6.07) is 10.5. The highest BCUT2D eigenvalue weighted by Gasteiger charge is 2.43. The standard InChI is InChI=1S/C31H31IN2O9/c1-41-26-11-18(16-36)10-22(32)28(26)42-25-14-20(29(38)33-8-9-35)13-23(27(25)37)34(15-17-6-7-17)30(39)21-12-19-4-2-3-5-24(19)43-31(21)40/h2-5,10-12,14,16-17,23,25,27,35,37H,6-9,13,15H2,1H3,(H,33,38). The van der Waals surface area contributed by atoms with Gasteiger partial charge in [0.05, 0.1) is 23.3 Å². The maximum absolute atomic E-state index is 14.1. The number of aliphatic hydroxyl groups is 2. The molecule has 2 aliphatic carbocycles. The van der Waals surface area contributed by atoms with Crippen molar-refractivity contribution in [1.82, 2.24) is 10.2 Å². The molecule has 2 amide bonds. The van der Waals surface area contributed by atoms with E-state index in [2.05, 4.69) is 5.32 Å². The minimum absolute atomic E-state index is 0.0106. The van der Waals surface area contributed by atoms with Gasteiger partial charge in [0.1, 0.15) is 29.6 Å². The van der Waals surface area contributed by atoms with Crippen molar-refractivity contribution >= 4 is 51.7 Å². The molecule has 2 aromatic carbocycles. The first kappa shape index (κ1) is 30.7. The largest absolute Gasteiger partial charge is 0.493 e. The van der Waals surface area contributed by atoms with Crippen LogP contribution < -0.4 is 20.4 Å². The maximum atomic E-state index is 14.1. The molecular formula is C31H31IN2O9. The van der Waals surface area contributed by atoms with Gasteiger partial charge in [-0.3, -0.25) is 14.4 Å². The summed E-state index contributed by atoms with van der Waals surface area (Å²) in [5.41, 5.74) is -0.0184. The summed E-state index contributed by atoms with van der Waals surface area (Å²) in [7, 11) is 1.42. The maximum Gasteiger partial charge on any atom is 0.349 e. The quantitative estimate of drug-likeness (QED) is 0.155. The molecule has 3 N–H and O–H groups in total. The summed E-state index contributed by atoms with van der Waals surface area (Å²) < 4.78 is 17.7. The summed E-state index contributed by atoms with van der Waals surface area (Å²) >= 11 is 1.99. The number of carbonyl (C=O) groups is 3. The van der Waals surface area contributed by atoms with Crippen LogP contribution in [0.25, 0.3) is 11.0 Å². The number of nitrogens with one attached hydrogen (secondary N) is 1.